The highest BCUT2D eigenvalue weighted by Gasteiger charge is 2.28. The molecule has 4 heteroatoms. The van der Waals surface area contributed by atoms with Crippen molar-refractivity contribution in [2.45, 2.75) is 39.2 Å². The monoisotopic (exact) mass is 195 g/mol. The van der Waals surface area contributed by atoms with Gasteiger partial charge in [-0.15, -0.1) is 0 Å². The molecule has 1 heterocycles. The second kappa shape index (κ2) is 4.09. The zero-order chi connectivity index (χ0) is 9.97. The van der Waals surface area contributed by atoms with Gasteiger partial charge < -0.3 is 9.84 Å². The first-order valence-electron chi connectivity index (χ1n) is 5.29. The van der Waals surface area contributed by atoms with Crippen LogP contribution in [0, 0.1) is 5.92 Å². The number of hydrogen-bond donors (Lipinski definition) is 1. The van der Waals surface area contributed by atoms with Gasteiger partial charge in [0.25, 0.3) is 0 Å². The molecule has 0 saturated heterocycles. The molecule has 0 aliphatic heterocycles. The fraction of sp³-hybridized carbons (Fsp3) is 0.800. The highest BCUT2D eigenvalue weighted by atomic mass is 16.5. The van der Waals surface area contributed by atoms with Crippen molar-refractivity contribution in [3.8, 4) is 0 Å². The van der Waals surface area contributed by atoms with Crippen LogP contribution in [0.4, 0.5) is 0 Å². The lowest BCUT2D eigenvalue weighted by Crippen LogP contribution is -2.19. The zero-order valence-electron chi connectivity index (χ0n) is 8.79. The molecular formula is C10H17N3O. The summed E-state index contributed by atoms with van der Waals surface area (Å²) in [5.41, 5.74) is 0. The Balaban J connectivity index is 1.78. The van der Waals surface area contributed by atoms with Crippen LogP contribution in [0.15, 0.2) is 4.52 Å². The zero-order valence-corrected chi connectivity index (χ0v) is 8.79. The Bertz CT molecular complexity index is 291. The van der Waals surface area contributed by atoms with Gasteiger partial charge in [0.05, 0.1) is 6.54 Å². The lowest BCUT2D eigenvalue weighted by atomic mass is 10.2. The first kappa shape index (κ1) is 9.65. The molecule has 0 spiro atoms. The summed E-state index contributed by atoms with van der Waals surface area (Å²) in [6.45, 7) is 6.03. The summed E-state index contributed by atoms with van der Waals surface area (Å²) in [4.78, 5) is 4.33. The third kappa shape index (κ3) is 2.54. The Labute approximate surface area is 84.1 Å². The molecule has 1 aromatic rings. The van der Waals surface area contributed by atoms with Crippen LogP contribution in [0.2, 0.25) is 0 Å². The Morgan fingerprint density at radius 2 is 2.29 bits per heavy atom. The van der Waals surface area contributed by atoms with Crippen LogP contribution in [-0.2, 0) is 6.54 Å². The lowest BCUT2D eigenvalue weighted by molar-refractivity contribution is 0.359. The maximum atomic E-state index is 5.12. The Morgan fingerprint density at radius 3 is 2.93 bits per heavy atom. The van der Waals surface area contributed by atoms with Crippen LogP contribution < -0.4 is 5.32 Å². The number of nitrogens with zero attached hydrogens (tertiary/aromatic N) is 2. The van der Waals surface area contributed by atoms with E-state index in [9.17, 15) is 0 Å². The van der Waals surface area contributed by atoms with E-state index in [0.29, 0.717) is 24.3 Å². The van der Waals surface area contributed by atoms with Gasteiger partial charge in [-0.3, -0.25) is 0 Å². The number of aromatic nitrogens is 2. The topological polar surface area (TPSA) is 51.0 Å². The van der Waals surface area contributed by atoms with E-state index in [1.807, 2.05) is 0 Å². The van der Waals surface area contributed by atoms with Gasteiger partial charge in [-0.25, -0.2) is 0 Å². The van der Waals surface area contributed by atoms with Crippen molar-refractivity contribution >= 4 is 0 Å². The molecule has 0 radical (unpaired) electrons. The summed E-state index contributed by atoms with van der Waals surface area (Å²) in [5, 5.41) is 7.23. The molecule has 0 unspecified atom stereocenters. The standard InChI is InChI=1S/C10H17N3O/c1-7(2)5-11-6-9-12-10(13-14-9)8-3-4-8/h7-8,11H,3-6H2,1-2H3. The molecule has 2 rings (SSSR count). The van der Waals surface area contributed by atoms with Crippen molar-refractivity contribution in [2.24, 2.45) is 5.92 Å². The van der Waals surface area contributed by atoms with Crippen LogP contribution in [0.25, 0.3) is 0 Å². The van der Waals surface area contributed by atoms with Gasteiger partial charge in [-0.1, -0.05) is 19.0 Å². The SMILES string of the molecule is CC(C)CNCc1nc(C2CC2)no1. The number of nitrogens with one attached hydrogen (secondary N) is 1. The summed E-state index contributed by atoms with van der Waals surface area (Å²) in [6, 6.07) is 0. The Kier molecular flexibility index (Phi) is 2.82. The third-order valence-corrected chi connectivity index (χ3v) is 2.26. The third-order valence-electron chi connectivity index (χ3n) is 2.26. The van der Waals surface area contributed by atoms with Gasteiger partial charge in [0.1, 0.15) is 0 Å². The van der Waals surface area contributed by atoms with Crippen LogP contribution in [0.1, 0.15) is 44.3 Å². The summed E-state index contributed by atoms with van der Waals surface area (Å²) in [7, 11) is 0. The first-order valence-corrected chi connectivity index (χ1v) is 5.29. The molecular weight excluding hydrogens is 178 g/mol. The smallest absolute Gasteiger partial charge is 0.240 e. The van der Waals surface area contributed by atoms with Crippen molar-refractivity contribution < 1.29 is 4.52 Å². The van der Waals surface area contributed by atoms with E-state index in [2.05, 4.69) is 29.3 Å². The summed E-state index contributed by atoms with van der Waals surface area (Å²) >= 11 is 0. The van der Waals surface area contributed by atoms with Gasteiger partial charge in [0.15, 0.2) is 5.82 Å². The van der Waals surface area contributed by atoms with Crippen LogP contribution in [0.5, 0.6) is 0 Å². The summed E-state index contributed by atoms with van der Waals surface area (Å²) in [6.07, 6.45) is 2.44. The predicted molar refractivity (Wildman–Crippen MR) is 52.8 cm³/mol. The van der Waals surface area contributed by atoms with E-state index < -0.39 is 0 Å². The summed E-state index contributed by atoms with van der Waals surface area (Å²) in [5.74, 6) is 2.84. The minimum Gasteiger partial charge on any atom is -0.338 e. The first-order chi connectivity index (χ1) is 6.75. The van der Waals surface area contributed by atoms with E-state index in [4.69, 9.17) is 4.52 Å². The fourth-order valence-electron chi connectivity index (χ4n) is 1.31. The molecule has 1 aromatic heterocycles. The lowest BCUT2D eigenvalue weighted by Gasteiger charge is -2.03. The normalized spacial score (nSPS) is 16.5. The van der Waals surface area contributed by atoms with E-state index >= 15 is 0 Å². The van der Waals surface area contributed by atoms with Crippen LogP contribution in [-0.4, -0.2) is 16.7 Å². The molecule has 1 aliphatic carbocycles. The fourth-order valence-corrected chi connectivity index (χ4v) is 1.31. The van der Waals surface area contributed by atoms with Crippen LogP contribution >= 0.6 is 0 Å². The molecule has 1 aliphatic rings. The van der Waals surface area contributed by atoms with Crippen LogP contribution in [0.3, 0.4) is 0 Å². The Hall–Kier alpha value is -0.900. The Morgan fingerprint density at radius 1 is 1.50 bits per heavy atom. The highest BCUT2D eigenvalue weighted by Crippen LogP contribution is 2.37. The van der Waals surface area contributed by atoms with Crippen molar-refractivity contribution in [3.05, 3.63) is 11.7 Å². The number of rotatable bonds is 5. The van der Waals surface area contributed by atoms with Gasteiger partial charge in [0, 0.05) is 5.92 Å². The predicted octanol–water partition coefficient (Wildman–Crippen LogP) is 1.69. The molecule has 1 fully saturated rings. The molecule has 0 bridgehead atoms. The molecule has 0 amide bonds. The second-order valence-corrected chi connectivity index (χ2v) is 4.35. The van der Waals surface area contributed by atoms with Crippen molar-refractivity contribution in [2.75, 3.05) is 6.54 Å². The average molecular weight is 195 g/mol. The molecule has 1 N–H and O–H groups in total. The molecule has 0 atom stereocenters. The molecule has 1 saturated carbocycles. The number of hydrogen-bond acceptors (Lipinski definition) is 4. The van der Waals surface area contributed by atoms with Gasteiger partial charge in [-0.05, 0) is 25.3 Å². The molecule has 78 valence electrons. The maximum Gasteiger partial charge on any atom is 0.240 e. The van der Waals surface area contributed by atoms with E-state index in [-0.39, 0.29) is 0 Å². The molecule has 0 aromatic carbocycles. The van der Waals surface area contributed by atoms with E-state index in [1.165, 1.54) is 12.8 Å². The van der Waals surface area contributed by atoms with E-state index in [0.717, 1.165) is 12.4 Å². The highest BCUT2D eigenvalue weighted by molar-refractivity contribution is 5.03. The van der Waals surface area contributed by atoms with Gasteiger partial charge in [0.2, 0.25) is 5.89 Å². The second-order valence-electron chi connectivity index (χ2n) is 4.35. The molecule has 4 nitrogen and oxygen atoms in total. The van der Waals surface area contributed by atoms with Crippen molar-refractivity contribution in [1.29, 1.82) is 0 Å². The average Bonchev–Trinajstić information content (AvgIpc) is 2.87. The van der Waals surface area contributed by atoms with Crippen molar-refractivity contribution in [3.63, 3.8) is 0 Å². The minimum atomic E-state index is 0.581. The molecule has 14 heavy (non-hydrogen) atoms. The summed E-state index contributed by atoms with van der Waals surface area (Å²) < 4.78 is 5.12. The quantitative estimate of drug-likeness (QED) is 0.776. The van der Waals surface area contributed by atoms with Crippen molar-refractivity contribution in [1.82, 2.24) is 15.5 Å². The van der Waals surface area contributed by atoms with Gasteiger partial charge >= 0.3 is 0 Å². The largest absolute Gasteiger partial charge is 0.338 e. The van der Waals surface area contributed by atoms with Gasteiger partial charge in [-0.2, -0.15) is 4.98 Å². The maximum absolute atomic E-state index is 5.12. The van der Waals surface area contributed by atoms with E-state index in [1.54, 1.807) is 0 Å². The minimum absolute atomic E-state index is 0.581.